The number of halogens is 3. The fourth-order valence-corrected chi connectivity index (χ4v) is 2.10. The normalized spacial score (nSPS) is 10.6. The Morgan fingerprint density at radius 2 is 1.19 bits per heavy atom. The van der Waals surface area contributed by atoms with Crippen molar-refractivity contribution in [2.75, 3.05) is 17.2 Å². The molecular formula is C19H18F3N3O. The van der Waals surface area contributed by atoms with E-state index in [1.807, 2.05) is 30.3 Å². The first-order valence-electron chi connectivity index (χ1n) is 7.56. The van der Waals surface area contributed by atoms with Crippen LogP contribution >= 0.6 is 0 Å². The number of nitrogens with two attached hydrogens (primary N) is 3. The highest BCUT2D eigenvalue weighted by atomic mass is 19.4. The lowest BCUT2D eigenvalue weighted by Gasteiger charge is -2.14. The minimum Gasteiger partial charge on any atom is -0.405 e. The Balaban J connectivity index is 0.000000290. The molecule has 4 nitrogen and oxygen atoms in total. The van der Waals surface area contributed by atoms with Crippen LogP contribution in [-0.4, -0.2) is 6.36 Å². The van der Waals surface area contributed by atoms with Crippen LogP contribution in [0.25, 0.3) is 11.1 Å². The molecule has 0 aliphatic carbocycles. The first kappa shape index (κ1) is 19.0. The van der Waals surface area contributed by atoms with E-state index in [9.17, 15) is 13.2 Å². The van der Waals surface area contributed by atoms with Gasteiger partial charge in [-0.05, 0) is 42.0 Å². The van der Waals surface area contributed by atoms with Gasteiger partial charge >= 0.3 is 6.36 Å². The summed E-state index contributed by atoms with van der Waals surface area (Å²) in [7, 11) is 0. The van der Waals surface area contributed by atoms with E-state index in [1.54, 1.807) is 24.3 Å². The van der Waals surface area contributed by atoms with Gasteiger partial charge < -0.3 is 21.9 Å². The fraction of sp³-hybridized carbons (Fsp3) is 0.0526. The predicted molar refractivity (Wildman–Crippen MR) is 98.2 cm³/mol. The van der Waals surface area contributed by atoms with Gasteiger partial charge in [-0.15, -0.1) is 13.2 Å². The molecule has 3 rings (SSSR count). The lowest BCUT2D eigenvalue weighted by molar-refractivity contribution is -0.274. The molecule has 26 heavy (non-hydrogen) atoms. The molecule has 0 radical (unpaired) electrons. The smallest absolute Gasteiger partial charge is 0.405 e. The van der Waals surface area contributed by atoms with Crippen LogP contribution in [0, 0.1) is 0 Å². The zero-order valence-electron chi connectivity index (χ0n) is 13.7. The zero-order valence-corrected chi connectivity index (χ0v) is 13.7. The summed E-state index contributed by atoms with van der Waals surface area (Å²) in [5.41, 5.74) is 18.8. The van der Waals surface area contributed by atoms with E-state index < -0.39 is 6.36 Å². The monoisotopic (exact) mass is 361 g/mol. The van der Waals surface area contributed by atoms with E-state index in [2.05, 4.69) is 4.74 Å². The molecule has 0 fully saturated rings. The molecule has 0 heterocycles. The van der Waals surface area contributed by atoms with Crippen LogP contribution in [0.2, 0.25) is 0 Å². The topological polar surface area (TPSA) is 87.3 Å². The van der Waals surface area contributed by atoms with Crippen LogP contribution in [0.1, 0.15) is 0 Å². The summed E-state index contributed by atoms with van der Waals surface area (Å²) in [6.45, 7) is 0. The number of alkyl halides is 3. The minimum atomic E-state index is -4.77. The minimum absolute atomic E-state index is 0.193. The van der Waals surface area contributed by atoms with Crippen LogP contribution < -0.4 is 21.9 Å². The van der Waals surface area contributed by atoms with E-state index in [4.69, 9.17) is 17.2 Å². The molecule has 136 valence electrons. The standard InChI is InChI=1S/C13H11F3N2O.C6H7N/c14-13(15,16)19-12-7-10(18)5-6-11(12)8-1-3-9(17)4-2-8;7-6-4-2-1-3-5-6/h1-7H,17-18H2;1-5H,7H2. The third-order valence-corrected chi connectivity index (χ3v) is 3.25. The van der Waals surface area contributed by atoms with E-state index >= 15 is 0 Å². The molecule has 0 aliphatic rings. The van der Waals surface area contributed by atoms with E-state index in [1.165, 1.54) is 12.1 Å². The Morgan fingerprint density at radius 1 is 0.654 bits per heavy atom. The molecule has 0 aromatic heterocycles. The number of benzene rings is 3. The molecule has 3 aromatic carbocycles. The van der Waals surface area contributed by atoms with Gasteiger partial charge in [0.15, 0.2) is 0 Å². The maximum atomic E-state index is 12.3. The van der Waals surface area contributed by atoms with Gasteiger partial charge in [-0.2, -0.15) is 0 Å². The SMILES string of the molecule is Nc1ccc(-c2ccc(N)cc2OC(F)(F)F)cc1.Nc1ccccc1. The van der Waals surface area contributed by atoms with Gasteiger partial charge in [0.25, 0.3) is 0 Å². The molecule has 0 atom stereocenters. The van der Waals surface area contributed by atoms with Gasteiger partial charge in [0.2, 0.25) is 0 Å². The van der Waals surface area contributed by atoms with E-state index in [0.29, 0.717) is 16.8 Å². The second-order valence-electron chi connectivity index (χ2n) is 5.34. The molecule has 0 unspecified atom stereocenters. The van der Waals surface area contributed by atoms with Crippen molar-refractivity contribution in [1.82, 2.24) is 0 Å². The molecule has 3 aromatic rings. The number of rotatable bonds is 2. The average Bonchev–Trinajstić information content (AvgIpc) is 2.56. The molecule has 7 heteroatoms. The molecule has 0 amide bonds. The van der Waals surface area contributed by atoms with Crippen LogP contribution in [0.3, 0.4) is 0 Å². The molecule has 0 aliphatic heterocycles. The summed E-state index contributed by atoms with van der Waals surface area (Å²) in [6.07, 6.45) is -4.77. The lowest BCUT2D eigenvalue weighted by Crippen LogP contribution is -2.17. The number of hydrogen-bond donors (Lipinski definition) is 3. The summed E-state index contributed by atoms with van der Waals surface area (Å²) in [6, 6.07) is 20.0. The second kappa shape index (κ2) is 8.15. The van der Waals surface area contributed by atoms with Gasteiger partial charge in [0.1, 0.15) is 5.75 Å². The third kappa shape index (κ3) is 5.94. The summed E-state index contributed by atoms with van der Waals surface area (Å²) in [5.74, 6) is -0.336. The van der Waals surface area contributed by atoms with Crippen molar-refractivity contribution in [3.63, 3.8) is 0 Å². The van der Waals surface area contributed by atoms with Crippen LogP contribution in [-0.2, 0) is 0 Å². The van der Waals surface area contributed by atoms with Gasteiger partial charge in [-0.25, -0.2) is 0 Å². The predicted octanol–water partition coefficient (Wildman–Crippen LogP) is 4.69. The fourth-order valence-electron chi connectivity index (χ4n) is 2.10. The maximum Gasteiger partial charge on any atom is 0.573 e. The van der Waals surface area contributed by atoms with Crippen LogP contribution in [0.15, 0.2) is 72.8 Å². The van der Waals surface area contributed by atoms with Gasteiger partial charge in [0, 0.05) is 28.7 Å². The Bertz CT molecular complexity index is 835. The largest absolute Gasteiger partial charge is 0.573 e. The quantitative estimate of drug-likeness (QED) is 0.578. The Kier molecular flexibility index (Phi) is 5.95. The van der Waals surface area contributed by atoms with Gasteiger partial charge in [-0.3, -0.25) is 0 Å². The molecule has 6 N–H and O–H groups in total. The molecule has 0 saturated heterocycles. The maximum absolute atomic E-state index is 12.3. The number of para-hydroxylation sites is 1. The highest BCUT2D eigenvalue weighted by Gasteiger charge is 2.32. The van der Waals surface area contributed by atoms with E-state index in [0.717, 1.165) is 11.8 Å². The summed E-state index contributed by atoms with van der Waals surface area (Å²) in [4.78, 5) is 0. The summed E-state index contributed by atoms with van der Waals surface area (Å²) < 4.78 is 41.0. The van der Waals surface area contributed by atoms with Gasteiger partial charge in [-0.1, -0.05) is 30.3 Å². The van der Waals surface area contributed by atoms with Crippen molar-refractivity contribution in [3.05, 3.63) is 72.8 Å². The zero-order chi connectivity index (χ0) is 19.2. The molecule has 0 saturated carbocycles. The third-order valence-electron chi connectivity index (χ3n) is 3.25. The average molecular weight is 361 g/mol. The molecule has 0 spiro atoms. The van der Waals surface area contributed by atoms with Crippen molar-refractivity contribution in [2.24, 2.45) is 0 Å². The summed E-state index contributed by atoms with van der Waals surface area (Å²) >= 11 is 0. The van der Waals surface area contributed by atoms with Crippen molar-refractivity contribution in [2.45, 2.75) is 6.36 Å². The number of nitrogen functional groups attached to an aromatic ring is 3. The second-order valence-corrected chi connectivity index (χ2v) is 5.34. The number of anilines is 3. The first-order valence-corrected chi connectivity index (χ1v) is 7.56. The molecular weight excluding hydrogens is 343 g/mol. The van der Waals surface area contributed by atoms with Crippen molar-refractivity contribution < 1.29 is 17.9 Å². The highest BCUT2D eigenvalue weighted by Crippen LogP contribution is 2.35. The molecule has 0 bridgehead atoms. The number of hydrogen-bond acceptors (Lipinski definition) is 4. The summed E-state index contributed by atoms with van der Waals surface area (Å²) in [5, 5.41) is 0. The van der Waals surface area contributed by atoms with Crippen molar-refractivity contribution >= 4 is 17.1 Å². The van der Waals surface area contributed by atoms with Gasteiger partial charge in [0.05, 0.1) is 0 Å². The Hall–Kier alpha value is -3.35. The van der Waals surface area contributed by atoms with Crippen LogP contribution in [0.4, 0.5) is 30.2 Å². The Labute approximate surface area is 149 Å². The lowest BCUT2D eigenvalue weighted by atomic mass is 10.0. The first-order chi connectivity index (χ1) is 12.2. The van der Waals surface area contributed by atoms with Crippen molar-refractivity contribution in [3.8, 4) is 16.9 Å². The Morgan fingerprint density at radius 3 is 1.69 bits per heavy atom. The number of ether oxygens (including phenoxy) is 1. The van der Waals surface area contributed by atoms with E-state index in [-0.39, 0.29) is 11.4 Å². The highest BCUT2D eigenvalue weighted by molar-refractivity contribution is 5.74. The van der Waals surface area contributed by atoms with Crippen LogP contribution in [0.5, 0.6) is 5.75 Å². The van der Waals surface area contributed by atoms with Crippen molar-refractivity contribution in [1.29, 1.82) is 0 Å².